The van der Waals surface area contributed by atoms with Gasteiger partial charge in [0.25, 0.3) is 5.91 Å². The molecule has 0 saturated heterocycles. The fourth-order valence-corrected chi connectivity index (χ4v) is 3.58. The van der Waals surface area contributed by atoms with Crippen molar-refractivity contribution in [3.05, 3.63) is 65.6 Å². The second-order valence-electron chi connectivity index (χ2n) is 8.21. The van der Waals surface area contributed by atoms with Gasteiger partial charge in [-0.15, -0.1) is 0 Å². The van der Waals surface area contributed by atoms with Gasteiger partial charge in [0.1, 0.15) is 23.4 Å². The number of pyridine rings is 1. The number of nitrogens with zero attached hydrogens (tertiary/aromatic N) is 2. The van der Waals surface area contributed by atoms with Crippen LogP contribution in [0.4, 0.5) is 8.78 Å². The second kappa shape index (κ2) is 8.38. The van der Waals surface area contributed by atoms with E-state index in [1.165, 1.54) is 25.3 Å². The average Bonchev–Trinajstić information content (AvgIpc) is 3.47. The van der Waals surface area contributed by atoms with Crippen LogP contribution in [0.2, 0.25) is 0 Å². The summed E-state index contributed by atoms with van der Waals surface area (Å²) in [5.41, 5.74) is -1.02. The number of aromatic amines is 1. The molecule has 32 heavy (non-hydrogen) atoms. The first kappa shape index (κ1) is 21.4. The van der Waals surface area contributed by atoms with Crippen molar-refractivity contribution in [1.29, 1.82) is 5.26 Å². The van der Waals surface area contributed by atoms with Crippen molar-refractivity contribution in [2.45, 2.75) is 37.8 Å². The molecule has 0 bridgehead atoms. The number of amides is 2. The minimum absolute atomic E-state index is 0.121. The lowest BCUT2D eigenvalue weighted by atomic mass is 9.94. The molecule has 2 aromatic heterocycles. The van der Waals surface area contributed by atoms with Gasteiger partial charge < -0.3 is 15.6 Å². The molecule has 0 aliphatic heterocycles. The van der Waals surface area contributed by atoms with Crippen LogP contribution in [0.3, 0.4) is 0 Å². The van der Waals surface area contributed by atoms with Gasteiger partial charge in [-0.3, -0.25) is 14.6 Å². The number of aromatic nitrogens is 2. The average molecular weight is 437 g/mol. The zero-order valence-corrected chi connectivity index (χ0v) is 17.3. The predicted molar refractivity (Wildman–Crippen MR) is 112 cm³/mol. The van der Waals surface area contributed by atoms with Gasteiger partial charge in [-0.2, -0.15) is 5.26 Å². The van der Waals surface area contributed by atoms with E-state index < -0.39 is 35.0 Å². The molecule has 2 amide bonds. The summed E-state index contributed by atoms with van der Waals surface area (Å²) in [6, 6.07) is 8.21. The van der Waals surface area contributed by atoms with Crippen molar-refractivity contribution in [3.8, 4) is 6.07 Å². The summed E-state index contributed by atoms with van der Waals surface area (Å²) in [4.78, 5) is 32.4. The maximum atomic E-state index is 14.0. The molecule has 1 aromatic carbocycles. The molecule has 2 atom stereocenters. The van der Waals surface area contributed by atoms with Crippen LogP contribution in [-0.2, 0) is 10.3 Å². The number of benzene rings is 1. The summed E-state index contributed by atoms with van der Waals surface area (Å²) in [6.45, 7) is 1.44. The molecule has 164 valence electrons. The smallest absolute Gasteiger partial charge is 0.268 e. The molecule has 3 N–H and O–H groups in total. The number of carbonyl (C=O) groups excluding carboxylic acids is 2. The topological polar surface area (TPSA) is 111 Å². The molecule has 9 heteroatoms. The third-order valence-electron chi connectivity index (χ3n) is 5.62. The summed E-state index contributed by atoms with van der Waals surface area (Å²) in [5.74, 6) is -1.96. The molecular formula is C23H21F2N5O2. The Bertz CT molecular complexity index is 1230. The first-order valence-corrected chi connectivity index (χ1v) is 10.2. The highest BCUT2D eigenvalue weighted by atomic mass is 19.1. The molecule has 0 radical (unpaired) electrons. The van der Waals surface area contributed by atoms with Crippen LogP contribution in [0.1, 0.15) is 42.2 Å². The van der Waals surface area contributed by atoms with Gasteiger partial charge in [-0.05, 0) is 37.5 Å². The highest BCUT2D eigenvalue weighted by Crippen LogP contribution is 2.34. The summed E-state index contributed by atoms with van der Waals surface area (Å²) in [7, 11) is 0. The van der Waals surface area contributed by atoms with Crippen LogP contribution in [0.5, 0.6) is 0 Å². The summed E-state index contributed by atoms with van der Waals surface area (Å²) < 4.78 is 27.6. The Balaban J connectivity index is 1.54. The van der Waals surface area contributed by atoms with E-state index in [-0.39, 0.29) is 22.7 Å². The van der Waals surface area contributed by atoms with E-state index in [4.69, 9.17) is 0 Å². The standard InChI is InChI=1S/C23H21F2N5O2/c1-23(12-26,15-9-16(24)11-27-10-15)30-22(32)18(7-13-5-6-13)29-21(31)19-8-14-3-2-4-17(25)20(14)28-19/h2-4,8-11,13,18,28H,5-7H2,1H3,(H,29,31)(H,30,32). The van der Waals surface area contributed by atoms with E-state index >= 15 is 0 Å². The Morgan fingerprint density at radius 3 is 2.75 bits per heavy atom. The number of hydrogen-bond acceptors (Lipinski definition) is 4. The van der Waals surface area contributed by atoms with Crippen molar-refractivity contribution < 1.29 is 18.4 Å². The number of halogens is 2. The quantitative estimate of drug-likeness (QED) is 0.527. The molecule has 3 aromatic rings. The summed E-state index contributed by atoms with van der Waals surface area (Å²) in [5, 5.41) is 15.5. The lowest BCUT2D eigenvalue weighted by Gasteiger charge is -2.27. The Morgan fingerprint density at radius 1 is 1.31 bits per heavy atom. The second-order valence-corrected chi connectivity index (χ2v) is 8.21. The molecule has 1 aliphatic rings. The number of H-pyrrole nitrogens is 1. The fourth-order valence-electron chi connectivity index (χ4n) is 3.58. The minimum atomic E-state index is -1.54. The largest absolute Gasteiger partial charge is 0.348 e. The zero-order valence-electron chi connectivity index (χ0n) is 17.3. The van der Waals surface area contributed by atoms with E-state index in [2.05, 4.69) is 20.6 Å². The van der Waals surface area contributed by atoms with Crippen LogP contribution >= 0.6 is 0 Å². The van der Waals surface area contributed by atoms with Crippen molar-refractivity contribution in [1.82, 2.24) is 20.6 Å². The first-order valence-electron chi connectivity index (χ1n) is 10.2. The number of carbonyl (C=O) groups is 2. The number of para-hydroxylation sites is 1. The highest BCUT2D eigenvalue weighted by Gasteiger charge is 2.36. The zero-order chi connectivity index (χ0) is 22.9. The molecule has 2 heterocycles. The molecule has 7 nitrogen and oxygen atoms in total. The van der Waals surface area contributed by atoms with E-state index in [1.807, 2.05) is 6.07 Å². The van der Waals surface area contributed by atoms with Gasteiger partial charge in [-0.25, -0.2) is 8.78 Å². The van der Waals surface area contributed by atoms with E-state index in [0.717, 1.165) is 25.1 Å². The third-order valence-corrected chi connectivity index (χ3v) is 5.62. The number of fused-ring (bicyclic) bond motifs is 1. The number of nitrogens with one attached hydrogen (secondary N) is 3. The summed E-state index contributed by atoms with van der Waals surface area (Å²) >= 11 is 0. The van der Waals surface area contributed by atoms with Crippen LogP contribution < -0.4 is 10.6 Å². The monoisotopic (exact) mass is 437 g/mol. The van der Waals surface area contributed by atoms with Crippen molar-refractivity contribution in [2.24, 2.45) is 5.92 Å². The maximum absolute atomic E-state index is 14.0. The molecule has 4 rings (SSSR count). The summed E-state index contributed by atoms with van der Waals surface area (Å²) in [6.07, 6.45) is 4.60. The first-order chi connectivity index (χ1) is 15.3. The normalized spacial score (nSPS) is 16.1. The fraction of sp³-hybridized carbons (Fsp3) is 0.304. The molecular weight excluding hydrogens is 416 g/mol. The Morgan fingerprint density at radius 2 is 2.09 bits per heavy atom. The van der Waals surface area contributed by atoms with Crippen LogP contribution in [-0.4, -0.2) is 27.8 Å². The lowest BCUT2D eigenvalue weighted by Crippen LogP contribution is -2.52. The number of nitriles is 1. The SMILES string of the molecule is CC(C#N)(NC(=O)C(CC1CC1)NC(=O)c1cc2cccc(F)c2[nH]1)c1cncc(F)c1. The van der Waals surface area contributed by atoms with E-state index in [9.17, 15) is 23.6 Å². The van der Waals surface area contributed by atoms with Gasteiger partial charge in [0.15, 0.2) is 5.54 Å². The number of rotatable bonds is 7. The van der Waals surface area contributed by atoms with Crippen molar-refractivity contribution >= 4 is 22.7 Å². The molecule has 1 saturated carbocycles. The van der Waals surface area contributed by atoms with E-state index in [0.29, 0.717) is 11.8 Å². The van der Waals surface area contributed by atoms with Crippen molar-refractivity contribution in [2.75, 3.05) is 0 Å². The van der Waals surface area contributed by atoms with Crippen LogP contribution in [0.25, 0.3) is 10.9 Å². The Labute approximate surface area is 182 Å². The van der Waals surface area contributed by atoms with Gasteiger partial charge in [0, 0.05) is 17.1 Å². The van der Waals surface area contributed by atoms with Crippen LogP contribution in [0.15, 0.2) is 42.7 Å². The molecule has 1 aliphatic carbocycles. The number of hydrogen-bond donors (Lipinski definition) is 3. The van der Waals surface area contributed by atoms with E-state index in [1.54, 1.807) is 12.1 Å². The molecule has 0 spiro atoms. The highest BCUT2D eigenvalue weighted by molar-refractivity contribution is 6.00. The lowest BCUT2D eigenvalue weighted by molar-refractivity contribution is -0.124. The van der Waals surface area contributed by atoms with Gasteiger partial charge in [0.05, 0.1) is 17.8 Å². The molecule has 1 fully saturated rings. The minimum Gasteiger partial charge on any atom is -0.348 e. The van der Waals surface area contributed by atoms with Gasteiger partial charge >= 0.3 is 0 Å². The Hall–Kier alpha value is -3.80. The van der Waals surface area contributed by atoms with Gasteiger partial charge in [0.2, 0.25) is 5.91 Å². The maximum Gasteiger partial charge on any atom is 0.268 e. The van der Waals surface area contributed by atoms with Gasteiger partial charge in [-0.1, -0.05) is 25.0 Å². The predicted octanol–water partition coefficient (Wildman–Crippen LogP) is 3.29. The van der Waals surface area contributed by atoms with Crippen LogP contribution in [0, 0.1) is 28.9 Å². The Kier molecular flexibility index (Phi) is 5.61. The van der Waals surface area contributed by atoms with Crippen molar-refractivity contribution in [3.63, 3.8) is 0 Å². The molecule has 2 unspecified atom stereocenters. The third kappa shape index (κ3) is 4.44.